The van der Waals surface area contributed by atoms with E-state index < -0.39 is 21.7 Å². The first-order valence-electron chi connectivity index (χ1n) is 8.74. The maximum atomic E-state index is 13.3. The molecule has 0 unspecified atom stereocenters. The Morgan fingerprint density at radius 1 is 1.03 bits per heavy atom. The second kappa shape index (κ2) is 8.73. The number of sulfonamides is 1. The summed E-state index contributed by atoms with van der Waals surface area (Å²) >= 11 is 6.10. The van der Waals surface area contributed by atoms with E-state index in [1.807, 2.05) is 0 Å². The third-order valence-corrected chi connectivity index (χ3v) is 6.12. The lowest BCUT2D eigenvalue weighted by molar-refractivity contribution is 0.102. The molecular weight excluding hydrogens is 431 g/mol. The minimum absolute atomic E-state index is 0.0492. The number of amides is 1. The van der Waals surface area contributed by atoms with Gasteiger partial charge in [0.2, 0.25) is 0 Å². The van der Waals surface area contributed by atoms with Gasteiger partial charge in [-0.25, -0.2) is 12.8 Å². The predicted octanol–water partition coefficient (Wildman–Crippen LogP) is 4.85. The van der Waals surface area contributed by atoms with Crippen LogP contribution in [0.3, 0.4) is 0 Å². The summed E-state index contributed by atoms with van der Waals surface area (Å²) in [7, 11) is -2.69. The van der Waals surface area contributed by atoms with Gasteiger partial charge in [0.1, 0.15) is 16.5 Å². The van der Waals surface area contributed by atoms with E-state index in [0.29, 0.717) is 17.0 Å². The molecule has 30 heavy (non-hydrogen) atoms. The molecule has 9 heteroatoms. The van der Waals surface area contributed by atoms with Gasteiger partial charge >= 0.3 is 0 Å². The molecule has 0 fully saturated rings. The molecule has 0 radical (unpaired) electrons. The zero-order valence-electron chi connectivity index (χ0n) is 16.1. The summed E-state index contributed by atoms with van der Waals surface area (Å²) in [5.74, 6) is -0.652. The van der Waals surface area contributed by atoms with Crippen molar-refractivity contribution in [1.29, 1.82) is 0 Å². The number of carbonyl (C=O) groups is 1. The van der Waals surface area contributed by atoms with Gasteiger partial charge in [-0.3, -0.25) is 9.52 Å². The Balaban J connectivity index is 1.91. The van der Waals surface area contributed by atoms with Crippen LogP contribution in [0.4, 0.5) is 15.8 Å². The average molecular weight is 449 g/mol. The number of aryl methyl sites for hydroxylation is 1. The Morgan fingerprint density at radius 3 is 2.47 bits per heavy atom. The second-order valence-electron chi connectivity index (χ2n) is 6.36. The van der Waals surface area contributed by atoms with Crippen molar-refractivity contribution in [1.82, 2.24) is 0 Å². The Kier molecular flexibility index (Phi) is 6.28. The summed E-state index contributed by atoms with van der Waals surface area (Å²) < 4.78 is 46.6. The summed E-state index contributed by atoms with van der Waals surface area (Å²) in [6.07, 6.45) is 0. The van der Waals surface area contributed by atoms with Gasteiger partial charge in [0.15, 0.2) is 0 Å². The smallest absolute Gasteiger partial charge is 0.263 e. The molecule has 0 saturated heterocycles. The highest BCUT2D eigenvalue weighted by Gasteiger charge is 2.22. The average Bonchev–Trinajstić information content (AvgIpc) is 2.70. The van der Waals surface area contributed by atoms with E-state index in [1.165, 1.54) is 49.6 Å². The van der Waals surface area contributed by atoms with Crippen molar-refractivity contribution in [2.75, 3.05) is 17.1 Å². The molecule has 0 aromatic heterocycles. The fourth-order valence-electron chi connectivity index (χ4n) is 2.74. The fraction of sp³-hybridized carbons (Fsp3) is 0.0952. The van der Waals surface area contributed by atoms with Crippen molar-refractivity contribution < 1.29 is 22.3 Å². The summed E-state index contributed by atoms with van der Waals surface area (Å²) in [6.45, 7) is 1.65. The first-order valence-corrected chi connectivity index (χ1v) is 10.6. The normalized spacial score (nSPS) is 11.1. The molecular formula is C21H18ClFN2O4S. The standard InChI is InChI=1S/C21H18ClFN2O4S/c1-13-11-15(23)8-10-17(13)24-21(26)14-7-9-16(22)20(12-14)30(27,28)25-18-5-3-4-6-19(18)29-2/h3-12,25H,1-2H3,(H,24,26). The number of halogens is 2. The minimum atomic E-state index is -4.11. The lowest BCUT2D eigenvalue weighted by Gasteiger charge is -2.14. The van der Waals surface area contributed by atoms with Crippen LogP contribution >= 0.6 is 11.6 Å². The number of para-hydroxylation sites is 2. The molecule has 3 aromatic rings. The van der Waals surface area contributed by atoms with Crippen LogP contribution in [0.2, 0.25) is 5.02 Å². The number of hydrogen-bond donors (Lipinski definition) is 2. The molecule has 0 atom stereocenters. The molecule has 0 heterocycles. The molecule has 0 spiro atoms. The van der Waals surface area contributed by atoms with E-state index >= 15 is 0 Å². The van der Waals surface area contributed by atoms with Gasteiger partial charge in [0, 0.05) is 11.3 Å². The molecule has 0 saturated carbocycles. The van der Waals surface area contributed by atoms with Crippen LogP contribution in [0.5, 0.6) is 5.75 Å². The first kappa shape index (κ1) is 21.6. The van der Waals surface area contributed by atoms with Crippen molar-refractivity contribution in [2.24, 2.45) is 0 Å². The van der Waals surface area contributed by atoms with Gasteiger partial charge in [-0.05, 0) is 61.0 Å². The summed E-state index contributed by atoms with van der Waals surface area (Å²) in [6, 6.07) is 14.3. The lowest BCUT2D eigenvalue weighted by Crippen LogP contribution is -2.17. The minimum Gasteiger partial charge on any atom is -0.495 e. The highest BCUT2D eigenvalue weighted by molar-refractivity contribution is 7.92. The molecule has 0 bridgehead atoms. The molecule has 0 aliphatic carbocycles. The van der Waals surface area contributed by atoms with E-state index in [-0.39, 0.29) is 21.2 Å². The highest BCUT2D eigenvalue weighted by Crippen LogP contribution is 2.29. The molecule has 0 aliphatic heterocycles. The van der Waals surface area contributed by atoms with Crippen LogP contribution in [0.15, 0.2) is 65.6 Å². The topological polar surface area (TPSA) is 84.5 Å². The van der Waals surface area contributed by atoms with E-state index in [4.69, 9.17) is 16.3 Å². The van der Waals surface area contributed by atoms with Crippen LogP contribution in [0, 0.1) is 12.7 Å². The summed E-state index contributed by atoms with van der Waals surface area (Å²) in [5.41, 5.74) is 1.24. The van der Waals surface area contributed by atoms with Crippen LogP contribution in [0.25, 0.3) is 0 Å². The SMILES string of the molecule is COc1ccccc1NS(=O)(=O)c1cc(C(=O)Nc2ccc(F)cc2C)ccc1Cl. The largest absolute Gasteiger partial charge is 0.495 e. The third-order valence-electron chi connectivity index (χ3n) is 4.27. The van der Waals surface area contributed by atoms with Gasteiger partial charge in [-0.1, -0.05) is 23.7 Å². The lowest BCUT2D eigenvalue weighted by atomic mass is 10.1. The molecule has 1 amide bonds. The number of rotatable bonds is 6. The molecule has 156 valence electrons. The zero-order valence-corrected chi connectivity index (χ0v) is 17.6. The van der Waals surface area contributed by atoms with Gasteiger partial charge in [-0.2, -0.15) is 0 Å². The monoisotopic (exact) mass is 448 g/mol. The summed E-state index contributed by atoms with van der Waals surface area (Å²) in [4.78, 5) is 12.4. The van der Waals surface area contributed by atoms with Gasteiger partial charge in [0.05, 0.1) is 17.8 Å². The van der Waals surface area contributed by atoms with Gasteiger partial charge in [-0.15, -0.1) is 0 Å². The summed E-state index contributed by atoms with van der Waals surface area (Å²) in [5, 5.41) is 2.59. The van der Waals surface area contributed by atoms with Crippen molar-refractivity contribution in [3.05, 3.63) is 82.6 Å². The maximum Gasteiger partial charge on any atom is 0.263 e. The van der Waals surface area contributed by atoms with E-state index in [9.17, 15) is 17.6 Å². The van der Waals surface area contributed by atoms with Gasteiger partial charge < -0.3 is 10.1 Å². The molecule has 6 nitrogen and oxygen atoms in total. The first-order chi connectivity index (χ1) is 14.2. The van der Waals surface area contributed by atoms with E-state index in [1.54, 1.807) is 25.1 Å². The van der Waals surface area contributed by atoms with E-state index in [2.05, 4.69) is 10.0 Å². The number of nitrogens with one attached hydrogen (secondary N) is 2. The van der Waals surface area contributed by atoms with Crippen molar-refractivity contribution in [3.8, 4) is 5.75 Å². The second-order valence-corrected chi connectivity index (χ2v) is 8.42. The molecule has 0 aliphatic rings. The molecule has 3 aromatic carbocycles. The molecule has 2 N–H and O–H groups in total. The quantitative estimate of drug-likeness (QED) is 0.564. The molecule has 3 rings (SSSR count). The Bertz CT molecular complexity index is 1220. The van der Waals surface area contributed by atoms with Crippen LogP contribution in [0.1, 0.15) is 15.9 Å². The van der Waals surface area contributed by atoms with Crippen molar-refractivity contribution in [3.63, 3.8) is 0 Å². The Labute approximate surface area is 178 Å². The predicted molar refractivity (Wildman–Crippen MR) is 114 cm³/mol. The zero-order chi connectivity index (χ0) is 21.9. The van der Waals surface area contributed by atoms with Crippen LogP contribution in [-0.4, -0.2) is 21.4 Å². The fourth-order valence-corrected chi connectivity index (χ4v) is 4.34. The Morgan fingerprint density at radius 2 is 1.77 bits per heavy atom. The highest BCUT2D eigenvalue weighted by atomic mass is 35.5. The van der Waals surface area contributed by atoms with Crippen molar-refractivity contribution in [2.45, 2.75) is 11.8 Å². The third kappa shape index (κ3) is 4.72. The maximum absolute atomic E-state index is 13.3. The van der Waals surface area contributed by atoms with Crippen LogP contribution < -0.4 is 14.8 Å². The number of ether oxygens (including phenoxy) is 1. The number of hydrogen-bond acceptors (Lipinski definition) is 4. The number of methoxy groups -OCH3 is 1. The number of benzene rings is 3. The van der Waals surface area contributed by atoms with Crippen LogP contribution in [-0.2, 0) is 10.0 Å². The number of carbonyl (C=O) groups excluding carboxylic acids is 1. The number of anilines is 2. The Hall–Kier alpha value is -3.10. The van der Waals surface area contributed by atoms with E-state index in [0.717, 1.165) is 0 Å². The van der Waals surface area contributed by atoms with Gasteiger partial charge in [0.25, 0.3) is 15.9 Å². The van der Waals surface area contributed by atoms with Crippen molar-refractivity contribution >= 4 is 38.9 Å².